The lowest BCUT2D eigenvalue weighted by molar-refractivity contribution is -0.384. The van der Waals surface area contributed by atoms with Crippen molar-refractivity contribution in [1.82, 2.24) is 15.0 Å². The number of carbonyl (C=O) groups is 2. The first kappa shape index (κ1) is 22.6. The monoisotopic (exact) mass is 437 g/mol. The molecule has 1 heterocycles. The van der Waals surface area contributed by atoms with Gasteiger partial charge >= 0.3 is 0 Å². The number of nitro benzene ring substituents is 1. The van der Waals surface area contributed by atoms with Crippen LogP contribution in [0.2, 0.25) is 0 Å². The second-order valence-corrected chi connectivity index (χ2v) is 7.35. The van der Waals surface area contributed by atoms with Crippen molar-refractivity contribution in [2.45, 2.75) is 19.9 Å². The van der Waals surface area contributed by atoms with Gasteiger partial charge in [0, 0.05) is 44.8 Å². The fourth-order valence-electron chi connectivity index (χ4n) is 3.19. The number of benzene rings is 2. The molecule has 10 nitrogen and oxygen atoms in total. The number of nitrogens with zero attached hydrogens (tertiary/aromatic N) is 5. The summed E-state index contributed by atoms with van der Waals surface area (Å²) in [5, 5.41) is 15.3. The number of ketones is 1. The first-order valence-electron chi connectivity index (χ1n) is 9.89. The predicted molar refractivity (Wildman–Crippen MR) is 117 cm³/mol. The zero-order valence-corrected chi connectivity index (χ0v) is 18.2. The third kappa shape index (κ3) is 4.64. The van der Waals surface area contributed by atoms with Gasteiger partial charge in [-0.05, 0) is 18.2 Å². The van der Waals surface area contributed by atoms with Crippen molar-refractivity contribution >= 4 is 23.1 Å². The van der Waals surface area contributed by atoms with Crippen LogP contribution in [-0.4, -0.2) is 52.8 Å². The molecule has 0 N–H and O–H groups in total. The first-order valence-corrected chi connectivity index (χ1v) is 9.89. The molecule has 1 aromatic heterocycles. The number of nitro groups is 1. The number of anilines is 1. The number of rotatable bonds is 8. The average molecular weight is 437 g/mol. The van der Waals surface area contributed by atoms with Crippen molar-refractivity contribution in [1.29, 1.82) is 0 Å². The van der Waals surface area contributed by atoms with Gasteiger partial charge in [0.25, 0.3) is 11.6 Å². The highest BCUT2D eigenvalue weighted by molar-refractivity contribution is 6.15. The molecule has 0 aliphatic rings. The van der Waals surface area contributed by atoms with Crippen LogP contribution in [0.25, 0.3) is 0 Å². The molecular formula is C22H23N5O5. The van der Waals surface area contributed by atoms with Gasteiger partial charge < -0.3 is 14.3 Å². The van der Waals surface area contributed by atoms with E-state index in [0.717, 1.165) is 0 Å². The Morgan fingerprint density at radius 3 is 2.38 bits per heavy atom. The lowest BCUT2D eigenvalue weighted by Gasteiger charge is -2.17. The van der Waals surface area contributed by atoms with E-state index in [0.29, 0.717) is 17.9 Å². The van der Waals surface area contributed by atoms with Crippen molar-refractivity contribution in [3.63, 3.8) is 0 Å². The maximum absolute atomic E-state index is 13.2. The van der Waals surface area contributed by atoms with Crippen molar-refractivity contribution in [2.24, 2.45) is 0 Å². The second-order valence-electron chi connectivity index (χ2n) is 7.35. The summed E-state index contributed by atoms with van der Waals surface area (Å²) in [4.78, 5) is 44.4. The number of hydrogen-bond donors (Lipinski definition) is 0. The number of amides is 1. The summed E-state index contributed by atoms with van der Waals surface area (Å²) in [5.41, 5.74) is 0.631. The summed E-state index contributed by atoms with van der Waals surface area (Å²) in [6, 6.07) is 10.6. The third-order valence-electron chi connectivity index (χ3n) is 4.86. The van der Waals surface area contributed by atoms with Gasteiger partial charge in [0.2, 0.25) is 5.89 Å². The molecule has 0 radical (unpaired) electrons. The van der Waals surface area contributed by atoms with Crippen LogP contribution in [0.3, 0.4) is 0 Å². The van der Waals surface area contributed by atoms with E-state index in [1.807, 2.05) is 6.92 Å². The molecule has 0 unspecified atom stereocenters. The topological polar surface area (TPSA) is 123 Å². The quantitative estimate of drug-likeness (QED) is 0.299. The Hall–Kier alpha value is -4.08. The van der Waals surface area contributed by atoms with Gasteiger partial charge in [0.15, 0.2) is 11.6 Å². The number of aromatic nitrogens is 2. The molecule has 0 bridgehead atoms. The summed E-state index contributed by atoms with van der Waals surface area (Å²) in [7, 11) is 4.93. The summed E-state index contributed by atoms with van der Waals surface area (Å²) in [6.07, 6.45) is 0.608. The first-order chi connectivity index (χ1) is 15.2. The van der Waals surface area contributed by atoms with Gasteiger partial charge in [-0.15, -0.1) is 0 Å². The molecule has 0 saturated carbocycles. The molecule has 1 amide bonds. The van der Waals surface area contributed by atoms with E-state index in [2.05, 4.69) is 10.1 Å². The predicted octanol–water partition coefficient (Wildman–Crippen LogP) is 3.11. The minimum Gasteiger partial charge on any atom is -0.372 e. The molecule has 0 atom stereocenters. The van der Waals surface area contributed by atoms with Crippen LogP contribution < -0.4 is 4.90 Å². The number of hydrogen-bond acceptors (Lipinski definition) is 8. The number of carbonyl (C=O) groups excluding carboxylic acids is 2. The van der Waals surface area contributed by atoms with Crippen LogP contribution in [0.1, 0.15) is 44.9 Å². The van der Waals surface area contributed by atoms with E-state index in [4.69, 9.17) is 4.52 Å². The molecule has 0 fully saturated rings. The maximum atomic E-state index is 13.2. The molecule has 3 aromatic rings. The van der Waals surface area contributed by atoms with Crippen LogP contribution in [0.15, 0.2) is 47.0 Å². The van der Waals surface area contributed by atoms with Crippen LogP contribution in [0.5, 0.6) is 0 Å². The average Bonchev–Trinajstić information content (AvgIpc) is 3.25. The largest absolute Gasteiger partial charge is 0.372 e. The molecule has 166 valence electrons. The summed E-state index contributed by atoms with van der Waals surface area (Å²) in [5.74, 6) is -0.0676. The molecule has 2 aromatic carbocycles. The molecule has 3 rings (SSSR count). The Morgan fingerprint density at radius 2 is 1.78 bits per heavy atom. The van der Waals surface area contributed by atoms with Crippen molar-refractivity contribution in [3.05, 3.63) is 81.0 Å². The second kappa shape index (κ2) is 9.38. The molecular weight excluding hydrogens is 414 g/mol. The zero-order valence-electron chi connectivity index (χ0n) is 18.2. The van der Waals surface area contributed by atoms with E-state index in [1.54, 1.807) is 44.2 Å². The zero-order chi connectivity index (χ0) is 23.4. The highest BCUT2D eigenvalue weighted by atomic mass is 16.6. The standard InChI is InChI=1S/C22H23N5O5/c1-5-19-23-20(32-24-19)13-26(4)22(29)16-9-7-6-8-15(16)21(28)14-10-11-17(25(2)3)18(12-14)27(30)31/h6-12H,5,13H2,1-4H3. The Morgan fingerprint density at radius 1 is 1.09 bits per heavy atom. The summed E-state index contributed by atoms with van der Waals surface area (Å²) >= 11 is 0. The Balaban J connectivity index is 1.92. The molecule has 0 aliphatic heterocycles. The SMILES string of the molecule is CCc1noc(CN(C)C(=O)c2ccccc2C(=O)c2ccc(N(C)C)c([N+](=O)[O-])c2)n1. The van der Waals surface area contributed by atoms with Crippen molar-refractivity contribution in [3.8, 4) is 0 Å². The van der Waals surface area contributed by atoms with Gasteiger partial charge in [0.1, 0.15) is 5.69 Å². The van der Waals surface area contributed by atoms with Gasteiger partial charge in [-0.25, -0.2) is 0 Å². The van der Waals surface area contributed by atoms with Gasteiger partial charge in [-0.1, -0.05) is 30.3 Å². The van der Waals surface area contributed by atoms with Crippen LogP contribution in [-0.2, 0) is 13.0 Å². The van der Waals surface area contributed by atoms with E-state index in [-0.39, 0.29) is 34.8 Å². The summed E-state index contributed by atoms with van der Waals surface area (Å²) < 4.78 is 5.14. The highest BCUT2D eigenvalue weighted by Crippen LogP contribution is 2.29. The van der Waals surface area contributed by atoms with Crippen LogP contribution >= 0.6 is 0 Å². The van der Waals surface area contributed by atoms with Crippen LogP contribution in [0.4, 0.5) is 11.4 Å². The molecule has 0 saturated heterocycles. The lowest BCUT2D eigenvalue weighted by atomic mass is 9.97. The van der Waals surface area contributed by atoms with E-state index in [9.17, 15) is 19.7 Å². The van der Waals surface area contributed by atoms with Gasteiger partial charge in [0.05, 0.1) is 17.0 Å². The summed E-state index contributed by atoms with van der Waals surface area (Å²) in [6.45, 7) is 1.97. The number of aryl methyl sites for hydroxylation is 1. The molecule has 10 heteroatoms. The van der Waals surface area contributed by atoms with Crippen molar-refractivity contribution in [2.75, 3.05) is 26.0 Å². The molecule has 0 spiro atoms. The van der Waals surface area contributed by atoms with E-state index in [1.165, 1.54) is 29.2 Å². The fourth-order valence-corrected chi connectivity index (χ4v) is 3.19. The Labute approximate surface area is 184 Å². The molecule has 32 heavy (non-hydrogen) atoms. The lowest BCUT2D eigenvalue weighted by Crippen LogP contribution is -2.28. The van der Waals surface area contributed by atoms with Crippen molar-refractivity contribution < 1.29 is 19.0 Å². The smallest absolute Gasteiger partial charge is 0.293 e. The van der Waals surface area contributed by atoms with Gasteiger partial charge in [-0.3, -0.25) is 19.7 Å². The minimum atomic E-state index is -0.536. The third-order valence-corrected chi connectivity index (χ3v) is 4.86. The minimum absolute atomic E-state index is 0.0807. The highest BCUT2D eigenvalue weighted by Gasteiger charge is 2.24. The van der Waals surface area contributed by atoms with E-state index < -0.39 is 16.6 Å². The van der Waals surface area contributed by atoms with E-state index >= 15 is 0 Å². The maximum Gasteiger partial charge on any atom is 0.293 e. The van der Waals surface area contributed by atoms with Gasteiger partial charge in [-0.2, -0.15) is 4.98 Å². The normalized spacial score (nSPS) is 10.6. The molecule has 0 aliphatic carbocycles. The van der Waals surface area contributed by atoms with Crippen LogP contribution in [0, 0.1) is 10.1 Å². The Bertz CT molecular complexity index is 1170. The Kier molecular flexibility index (Phi) is 6.62. The fraction of sp³-hybridized carbons (Fsp3) is 0.273.